The Bertz CT molecular complexity index is 576. The summed E-state index contributed by atoms with van der Waals surface area (Å²) in [5.74, 6) is -0.0756. The van der Waals surface area contributed by atoms with Crippen molar-refractivity contribution >= 4 is 5.91 Å². The van der Waals surface area contributed by atoms with Gasteiger partial charge in [0.25, 0.3) is 0 Å². The fourth-order valence-electron chi connectivity index (χ4n) is 2.65. The SMILES string of the molecule is C=CC(=O)NC(C)(C)C(C/C1=C/N/C=C\C=C/C1=C)C(=C)CC. The monoisotopic (exact) mass is 312 g/mol. The maximum Gasteiger partial charge on any atom is 0.243 e. The van der Waals surface area contributed by atoms with Crippen molar-refractivity contribution in [2.24, 2.45) is 5.92 Å². The number of carbonyl (C=O) groups excluding carboxylic acids is 1. The third kappa shape index (κ3) is 5.44. The van der Waals surface area contributed by atoms with E-state index in [2.05, 4.69) is 37.3 Å². The molecule has 0 saturated carbocycles. The first-order valence-corrected chi connectivity index (χ1v) is 7.91. The molecular formula is C20H28N2O. The van der Waals surface area contributed by atoms with E-state index in [1.165, 1.54) is 6.08 Å². The van der Waals surface area contributed by atoms with Gasteiger partial charge in [0.05, 0.1) is 0 Å². The molecule has 0 spiro atoms. The molecule has 1 atom stereocenters. The Balaban J connectivity index is 3.07. The van der Waals surface area contributed by atoms with Crippen LogP contribution in [0.15, 0.2) is 73.2 Å². The van der Waals surface area contributed by atoms with Crippen LogP contribution in [0.3, 0.4) is 0 Å². The van der Waals surface area contributed by atoms with Crippen LogP contribution in [-0.2, 0) is 4.79 Å². The van der Waals surface area contributed by atoms with Gasteiger partial charge in [0.15, 0.2) is 0 Å². The Morgan fingerprint density at radius 2 is 2.13 bits per heavy atom. The Morgan fingerprint density at radius 1 is 1.43 bits per heavy atom. The van der Waals surface area contributed by atoms with Crippen molar-refractivity contribution in [2.75, 3.05) is 0 Å². The minimum absolute atomic E-state index is 0.0954. The van der Waals surface area contributed by atoms with Gasteiger partial charge >= 0.3 is 0 Å². The average Bonchev–Trinajstić information content (AvgIpc) is 2.49. The van der Waals surface area contributed by atoms with Gasteiger partial charge in [-0.1, -0.05) is 44.4 Å². The fourth-order valence-corrected chi connectivity index (χ4v) is 2.65. The number of nitrogens with one attached hydrogen (secondary N) is 2. The predicted octanol–water partition coefficient (Wildman–Crippen LogP) is 4.15. The smallest absolute Gasteiger partial charge is 0.243 e. The molecule has 124 valence electrons. The van der Waals surface area contributed by atoms with Crippen LogP contribution in [0, 0.1) is 5.92 Å². The van der Waals surface area contributed by atoms with E-state index in [0.29, 0.717) is 0 Å². The summed E-state index contributed by atoms with van der Waals surface area (Å²) in [6, 6.07) is 0. The van der Waals surface area contributed by atoms with Crippen molar-refractivity contribution < 1.29 is 4.79 Å². The van der Waals surface area contributed by atoms with Crippen LogP contribution >= 0.6 is 0 Å². The molecule has 3 heteroatoms. The van der Waals surface area contributed by atoms with Crippen molar-refractivity contribution in [3.8, 4) is 0 Å². The molecule has 0 fully saturated rings. The molecule has 1 aliphatic heterocycles. The van der Waals surface area contributed by atoms with E-state index in [9.17, 15) is 4.79 Å². The van der Waals surface area contributed by atoms with E-state index < -0.39 is 5.54 Å². The van der Waals surface area contributed by atoms with E-state index in [4.69, 9.17) is 0 Å². The summed E-state index contributed by atoms with van der Waals surface area (Å²) in [6.07, 6.45) is 12.6. The quantitative estimate of drug-likeness (QED) is 0.547. The van der Waals surface area contributed by atoms with Crippen molar-refractivity contribution in [1.29, 1.82) is 0 Å². The lowest BCUT2D eigenvalue weighted by atomic mass is 9.76. The Morgan fingerprint density at radius 3 is 2.74 bits per heavy atom. The number of allylic oxidation sites excluding steroid dienone is 5. The Kier molecular flexibility index (Phi) is 6.83. The molecule has 1 aliphatic rings. The normalized spacial score (nSPS) is 20.8. The van der Waals surface area contributed by atoms with Crippen LogP contribution in [0.1, 0.15) is 33.6 Å². The first-order valence-electron chi connectivity index (χ1n) is 7.91. The molecule has 1 unspecified atom stereocenters. The summed E-state index contributed by atoms with van der Waals surface area (Å²) in [4.78, 5) is 11.8. The molecule has 1 amide bonds. The van der Waals surface area contributed by atoms with Gasteiger partial charge in [0.1, 0.15) is 0 Å². The van der Waals surface area contributed by atoms with Crippen LogP contribution in [0.4, 0.5) is 0 Å². The summed E-state index contributed by atoms with van der Waals surface area (Å²) in [5, 5.41) is 6.17. The molecule has 1 rings (SSSR count). The molecule has 0 aromatic carbocycles. The zero-order chi connectivity index (χ0) is 17.5. The topological polar surface area (TPSA) is 41.1 Å². The van der Waals surface area contributed by atoms with Gasteiger partial charge < -0.3 is 10.6 Å². The lowest BCUT2D eigenvalue weighted by Crippen LogP contribution is -2.49. The average molecular weight is 312 g/mol. The lowest BCUT2D eigenvalue weighted by molar-refractivity contribution is -0.118. The molecule has 0 radical (unpaired) electrons. The van der Waals surface area contributed by atoms with Crippen LogP contribution in [0.5, 0.6) is 0 Å². The fraction of sp³-hybridized carbons (Fsp3) is 0.350. The highest BCUT2D eigenvalue weighted by molar-refractivity contribution is 5.87. The molecule has 0 bridgehead atoms. The van der Waals surface area contributed by atoms with Crippen LogP contribution in [-0.4, -0.2) is 11.4 Å². The van der Waals surface area contributed by atoms with E-state index in [1.807, 2.05) is 44.5 Å². The summed E-state index contributed by atoms with van der Waals surface area (Å²) < 4.78 is 0. The highest BCUT2D eigenvalue weighted by Crippen LogP contribution is 2.33. The number of hydrogen-bond acceptors (Lipinski definition) is 2. The molecule has 0 aliphatic carbocycles. The summed E-state index contributed by atoms with van der Waals surface area (Å²) in [6.45, 7) is 18.0. The van der Waals surface area contributed by atoms with Crippen LogP contribution in [0.2, 0.25) is 0 Å². The number of rotatable bonds is 7. The molecule has 1 heterocycles. The molecular weight excluding hydrogens is 284 g/mol. The maximum absolute atomic E-state index is 11.8. The largest absolute Gasteiger partial charge is 0.367 e. The molecule has 3 nitrogen and oxygen atoms in total. The van der Waals surface area contributed by atoms with Crippen molar-refractivity contribution in [3.63, 3.8) is 0 Å². The van der Waals surface area contributed by atoms with Crippen molar-refractivity contribution in [3.05, 3.63) is 73.2 Å². The van der Waals surface area contributed by atoms with Crippen LogP contribution < -0.4 is 10.6 Å². The van der Waals surface area contributed by atoms with Crippen molar-refractivity contribution in [2.45, 2.75) is 39.2 Å². The molecule has 0 aromatic rings. The molecule has 23 heavy (non-hydrogen) atoms. The summed E-state index contributed by atoms with van der Waals surface area (Å²) in [5.41, 5.74) is 2.74. The number of carbonyl (C=O) groups is 1. The van der Waals surface area contributed by atoms with Gasteiger partial charge in [-0.25, -0.2) is 0 Å². The predicted molar refractivity (Wildman–Crippen MR) is 98.6 cm³/mol. The first kappa shape index (κ1) is 18.8. The molecule has 2 N–H and O–H groups in total. The van der Waals surface area contributed by atoms with Crippen molar-refractivity contribution in [1.82, 2.24) is 10.6 Å². The number of hydrogen-bond donors (Lipinski definition) is 2. The first-order chi connectivity index (χ1) is 10.8. The van der Waals surface area contributed by atoms with Gasteiger partial charge in [0.2, 0.25) is 5.91 Å². The van der Waals surface area contributed by atoms with Gasteiger partial charge in [0, 0.05) is 23.9 Å². The highest BCUT2D eigenvalue weighted by atomic mass is 16.1. The molecule has 0 saturated heterocycles. The van der Waals surface area contributed by atoms with Gasteiger partial charge in [-0.15, -0.1) is 0 Å². The molecule has 0 aromatic heterocycles. The second kappa shape index (κ2) is 8.37. The lowest BCUT2D eigenvalue weighted by Gasteiger charge is -2.37. The van der Waals surface area contributed by atoms with E-state index >= 15 is 0 Å². The van der Waals surface area contributed by atoms with E-state index in [-0.39, 0.29) is 11.8 Å². The Hall–Kier alpha value is -2.29. The second-order valence-electron chi connectivity index (χ2n) is 6.26. The zero-order valence-electron chi connectivity index (χ0n) is 14.5. The van der Waals surface area contributed by atoms with E-state index in [0.717, 1.165) is 29.6 Å². The van der Waals surface area contributed by atoms with Crippen LogP contribution in [0.25, 0.3) is 0 Å². The summed E-state index contributed by atoms with van der Waals surface area (Å²) in [7, 11) is 0. The van der Waals surface area contributed by atoms with Gasteiger partial charge in [-0.2, -0.15) is 0 Å². The van der Waals surface area contributed by atoms with Gasteiger partial charge in [-0.3, -0.25) is 4.79 Å². The standard InChI is InChI=1S/C20H28N2O/c1-7-15(3)18(20(5,6)22-19(23)8-2)13-17-14-21-12-10-9-11-16(17)4/h8-12,14,18,21H,2-4,7,13H2,1,5-6H3,(H,22,23)/b11-9-,12-10-,17-14-. The van der Waals surface area contributed by atoms with E-state index in [1.54, 1.807) is 0 Å². The maximum atomic E-state index is 11.8. The third-order valence-corrected chi connectivity index (χ3v) is 4.14. The minimum Gasteiger partial charge on any atom is -0.367 e. The minimum atomic E-state index is -0.429. The second-order valence-corrected chi connectivity index (χ2v) is 6.26. The highest BCUT2D eigenvalue weighted by Gasteiger charge is 2.32. The summed E-state index contributed by atoms with van der Waals surface area (Å²) >= 11 is 0. The Labute approximate surface area is 140 Å². The van der Waals surface area contributed by atoms with Gasteiger partial charge in [-0.05, 0) is 50.0 Å². The number of amides is 1. The third-order valence-electron chi connectivity index (χ3n) is 4.14. The zero-order valence-corrected chi connectivity index (χ0v) is 14.5.